The number of hydrogen-bond donors (Lipinski definition) is 1. The summed E-state index contributed by atoms with van der Waals surface area (Å²) in [5.74, 6) is 0.922. The largest absolute Gasteiger partial charge is 0.322 e. The van der Waals surface area contributed by atoms with E-state index in [1.807, 2.05) is 0 Å². The summed E-state index contributed by atoms with van der Waals surface area (Å²) in [4.78, 5) is 23.8. The molecule has 132 valence electrons. The van der Waals surface area contributed by atoms with Gasteiger partial charge in [-0.25, -0.2) is 0 Å². The van der Waals surface area contributed by atoms with Gasteiger partial charge in [0.15, 0.2) is 0 Å². The first-order chi connectivity index (χ1) is 11.9. The van der Waals surface area contributed by atoms with Gasteiger partial charge in [-0.1, -0.05) is 31.5 Å². The Hall–Kier alpha value is -2.05. The van der Waals surface area contributed by atoms with E-state index in [1.165, 1.54) is 17.8 Å². The standard InChI is InChI=1S/C18H19ClN2O3S/c1-12(2)8-9-25-17-7-6-13(10-16(17)21(23)24)18(22)20-15-5-3-4-14(19)11-15/h3-7,10-12H,8-9H2,1-2H3,(H,20,22). The normalized spacial score (nSPS) is 10.7. The van der Waals surface area contributed by atoms with Crippen molar-refractivity contribution in [3.05, 3.63) is 63.2 Å². The van der Waals surface area contributed by atoms with E-state index >= 15 is 0 Å². The van der Waals surface area contributed by atoms with Crippen molar-refractivity contribution in [3.63, 3.8) is 0 Å². The van der Waals surface area contributed by atoms with E-state index < -0.39 is 10.8 Å². The van der Waals surface area contributed by atoms with E-state index in [4.69, 9.17) is 11.6 Å². The third-order valence-corrected chi connectivity index (χ3v) is 4.78. The van der Waals surface area contributed by atoms with Crippen LogP contribution in [0.3, 0.4) is 0 Å². The van der Waals surface area contributed by atoms with Crippen molar-refractivity contribution in [2.24, 2.45) is 5.92 Å². The van der Waals surface area contributed by atoms with Crippen LogP contribution in [-0.4, -0.2) is 16.6 Å². The molecule has 25 heavy (non-hydrogen) atoms. The molecule has 0 fully saturated rings. The average Bonchev–Trinajstić information content (AvgIpc) is 2.54. The molecule has 0 unspecified atom stereocenters. The summed E-state index contributed by atoms with van der Waals surface area (Å²) >= 11 is 7.33. The van der Waals surface area contributed by atoms with Crippen LogP contribution in [0.25, 0.3) is 0 Å². The minimum absolute atomic E-state index is 0.0486. The number of nitrogens with zero attached hydrogens (tertiary/aromatic N) is 1. The van der Waals surface area contributed by atoms with E-state index in [0.717, 1.165) is 12.2 Å². The molecule has 2 aromatic carbocycles. The Bertz CT molecular complexity index is 781. The van der Waals surface area contributed by atoms with Gasteiger partial charge in [-0.2, -0.15) is 0 Å². The van der Waals surface area contributed by atoms with Gasteiger partial charge in [0.25, 0.3) is 11.6 Å². The predicted molar refractivity (Wildman–Crippen MR) is 103 cm³/mol. The molecule has 1 N–H and O–H groups in total. The second-order valence-corrected chi connectivity index (χ2v) is 7.51. The second-order valence-electron chi connectivity index (χ2n) is 5.94. The number of halogens is 1. The molecule has 0 aliphatic rings. The van der Waals surface area contributed by atoms with Crippen LogP contribution in [0.4, 0.5) is 11.4 Å². The molecule has 1 amide bonds. The molecule has 7 heteroatoms. The number of nitro benzene ring substituents is 1. The zero-order chi connectivity index (χ0) is 18.4. The lowest BCUT2D eigenvalue weighted by Crippen LogP contribution is -2.12. The van der Waals surface area contributed by atoms with Crippen LogP contribution in [0.1, 0.15) is 30.6 Å². The Morgan fingerprint density at radius 2 is 2.04 bits per heavy atom. The first kappa shape index (κ1) is 19.3. The van der Waals surface area contributed by atoms with Gasteiger partial charge in [0.1, 0.15) is 0 Å². The lowest BCUT2D eigenvalue weighted by atomic mass is 10.2. The summed E-state index contributed by atoms with van der Waals surface area (Å²) in [7, 11) is 0. The number of carbonyl (C=O) groups is 1. The second kappa shape index (κ2) is 8.87. The number of nitrogens with one attached hydrogen (secondary N) is 1. The van der Waals surface area contributed by atoms with Crippen LogP contribution in [0.5, 0.6) is 0 Å². The number of nitro groups is 1. The molecule has 2 aromatic rings. The highest BCUT2D eigenvalue weighted by molar-refractivity contribution is 7.99. The molecule has 5 nitrogen and oxygen atoms in total. The lowest BCUT2D eigenvalue weighted by Gasteiger charge is -2.08. The van der Waals surface area contributed by atoms with Gasteiger partial charge in [0.2, 0.25) is 0 Å². The van der Waals surface area contributed by atoms with Crippen molar-refractivity contribution < 1.29 is 9.72 Å². The summed E-state index contributed by atoms with van der Waals surface area (Å²) in [6.45, 7) is 4.22. The minimum Gasteiger partial charge on any atom is -0.322 e. The summed E-state index contributed by atoms with van der Waals surface area (Å²) in [6, 6.07) is 11.3. The van der Waals surface area contributed by atoms with Crippen LogP contribution in [-0.2, 0) is 0 Å². The number of thioether (sulfide) groups is 1. The maximum atomic E-state index is 12.3. The van der Waals surface area contributed by atoms with Crippen LogP contribution >= 0.6 is 23.4 Å². The highest BCUT2D eigenvalue weighted by Gasteiger charge is 2.18. The molecule has 0 heterocycles. The molecular formula is C18H19ClN2O3S. The van der Waals surface area contributed by atoms with Gasteiger partial charge in [-0.3, -0.25) is 14.9 Å². The third kappa shape index (κ3) is 5.76. The van der Waals surface area contributed by atoms with Crippen LogP contribution < -0.4 is 5.32 Å². The van der Waals surface area contributed by atoms with Crippen molar-refractivity contribution in [2.75, 3.05) is 11.1 Å². The van der Waals surface area contributed by atoms with Crippen molar-refractivity contribution in [1.29, 1.82) is 0 Å². The molecule has 0 aliphatic carbocycles. The molecule has 0 saturated carbocycles. The molecule has 0 aliphatic heterocycles. The fourth-order valence-corrected chi connectivity index (χ4v) is 3.54. The van der Waals surface area contributed by atoms with Crippen molar-refractivity contribution in [3.8, 4) is 0 Å². The maximum absolute atomic E-state index is 12.3. The van der Waals surface area contributed by atoms with Gasteiger partial charge >= 0.3 is 0 Å². The number of benzene rings is 2. The zero-order valence-corrected chi connectivity index (χ0v) is 15.6. The Balaban J connectivity index is 2.17. The maximum Gasteiger partial charge on any atom is 0.283 e. The fraction of sp³-hybridized carbons (Fsp3) is 0.278. The summed E-state index contributed by atoms with van der Waals surface area (Å²) in [5.41, 5.74) is 0.725. The Kier molecular flexibility index (Phi) is 6.84. The average molecular weight is 379 g/mol. The van der Waals surface area contributed by atoms with E-state index in [2.05, 4.69) is 19.2 Å². The predicted octanol–water partition coefficient (Wildman–Crippen LogP) is 5.64. The highest BCUT2D eigenvalue weighted by atomic mass is 35.5. The fourth-order valence-electron chi connectivity index (χ4n) is 2.10. The van der Waals surface area contributed by atoms with Gasteiger partial charge in [0.05, 0.1) is 9.82 Å². The van der Waals surface area contributed by atoms with E-state index in [1.54, 1.807) is 36.4 Å². The SMILES string of the molecule is CC(C)CCSc1ccc(C(=O)Nc2cccc(Cl)c2)cc1[N+](=O)[O-]. The molecule has 0 saturated heterocycles. The Labute approximate surface area is 155 Å². The minimum atomic E-state index is -0.451. The molecule has 0 bridgehead atoms. The molecular weight excluding hydrogens is 360 g/mol. The number of hydrogen-bond acceptors (Lipinski definition) is 4. The molecule has 0 spiro atoms. The van der Waals surface area contributed by atoms with Gasteiger partial charge in [-0.15, -0.1) is 11.8 Å². The smallest absolute Gasteiger partial charge is 0.283 e. The van der Waals surface area contributed by atoms with Crippen LogP contribution in [0.15, 0.2) is 47.4 Å². The topological polar surface area (TPSA) is 72.2 Å². The zero-order valence-electron chi connectivity index (χ0n) is 14.0. The third-order valence-electron chi connectivity index (χ3n) is 3.45. The van der Waals surface area contributed by atoms with Crippen LogP contribution in [0, 0.1) is 16.0 Å². The number of rotatable bonds is 7. The summed E-state index contributed by atoms with van der Waals surface area (Å²) in [5, 5.41) is 14.5. The first-order valence-electron chi connectivity index (χ1n) is 7.85. The number of carbonyl (C=O) groups excluding carboxylic acids is 1. The first-order valence-corrected chi connectivity index (χ1v) is 9.21. The van der Waals surface area contributed by atoms with Gasteiger partial charge < -0.3 is 5.32 Å². The Morgan fingerprint density at radius 1 is 1.28 bits per heavy atom. The molecule has 2 rings (SSSR count). The Morgan fingerprint density at radius 3 is 2.68 bits per heavy atom. The summed E-state index contributed by atoms with van der Waals surface area (Å²) in [6.07, 6.45) is 0.971. The number of amides is 1. The van der Waals surface area contributed by atoms with Crippen molar-refractivity contribution >= 4 is 40.6 Å². The molecule has 0 aromatic heterocycles. The van der Waals surface area contributed by atoms with Crippen molar-refractivity contribution in [1.82, 2.24) is 0 Å². The highest BCUT2D eigenvalue weighted by Crippen LogP contribution is 2.31. The summed E-state index contributed by atoms with van der Waals surface area (Å²) < 4.78 is 0. The monoisotopic (exact) mass is 378 g/mol. The molecule has 0 radical (unpaired) electrons. The van der Waals surface area contributed by atoms with Crippen LogP contribution in [0.2, 0.25) is 5.02 Å². The van der Waals surface area contributed by atoms with Gasteiger partial charge in [-0.05, 0) is 48.4 Å². The van der Waals surface area contributed by atoms with Gasteiger partial charge in [0, 0.05) is 22.3 Å². The van der Waals surface area contributed by atoms with E-state index in [0.29, 0.717) is 21.5 Å². The van der Waals surface area contributed by atoms with E-state index in [-0.39, 0.29) is 11.3 Å². The van der Waals surface area contributed by atoms with Crippen molar-refractivity contribution in [2.45, 2.75) is 25.2 Å². The quantitative estimate of drug-likeness (QED) is 0.384. The van der Waals surface area contributed by atoms with E-state index in [9.17, 15) is 14.9 Å². The molecule has 0 atom stereocenters. The number of anilines is 1. The lowest BCUT2D eigenvalue weighted by molar-refractivity contribution is -0.387.